The molecule has 0 saturated heterocycles. The van der Waals surface area contributed by atoms with Gasteiger partial charge in [-0.05, 0) is 12.3 Å². The number of hydrogen-bond donors (Lipinski definition) is 2. The summed E-state index contributed by atoms with van der Waals surface area (Å²) in [5, 5.41) is 0.479. The lowest BCUT2D eigenvalue weighted by molar-refractivity contribution is 0.522. The lowest BCUT2D eigenvalue weighted by Gasteiger charge is -2.23. The largest absolute Gasteiger partial charge is 0.176 e. The Bertz CT molecular complexity index is 91.9. The van der Waals surface area contributed by atoms with E-state index in [1.54, 1.807) is 0 Å². The molecular weight excluding hydrogens is 160 g/mol. The van der Waals surface area contributed by atoms with E-state index >= 15 is 0 Å². The number of rotatable bonds is 3. The molecule has 0 rings (SSSR count). The van der Waals surface area contributed by atoms with Crippen LogP contribution in [0.15, 0.2) is 0 Å². The first-order valence-corrected chi connectivity index (χ1v) is 4.70. The minimum absolute atomic E-state index is 0.122. The van der Waals surface area contributed by atoms with Crippen molar-refractivity contribution in [3.8, 4) is 0 Å². The molecule has 0 aromatic carbocycles. The molecule has 0 spiro atoms. The SMILES string of the molecule is CC(C)C(S)CC(C)(C)S. The quantitative estimate of drug-likeness (QED) is 0.610. The third-order valence-electron chi connectivity index (χ3n) is 1.48. The summed E-state index contributed by atoms with van der Waals surface area (Å²) in [7, 11) is 0. The molecule has 0 aliphatic heterocycles. The van der Waals surface area contributed by atoms with Crippen LogP contribution in [0.2, 0.25) is 0 Å². The van der Waals surface area contributed by atoms with Crippen LogP contribution < -0.4 is 0 Å². The van der Waals surface area contributed by atoms with E-state index in [1.165, 1.54) is 0 Å². The third-order valence-corrected chi connectivity index (χ3v) is 2.44. The van der Waals surface area contributed by atoms with Gasteiger partial charge in [0.25, 0.3) is 0 Å². The number of thiol groups is 2. The van der Waals surface area contributed by atoms with E-state index in [0.717, 1.165) is 6.42 Å². The van der Waals surface area contributed by atoms with Crippen LogP contribution in [0.1, 0.15) is 34.1 Å². The van der Waals surface area contributed by atoms with Crippen LogP contribution >= 0.6 is 25.3 Å². The molecule has 0 radical (unpaired) electrons. The highest BCUT2D eigenvalue weighted by Crippen LogP contribution is 2.25. The lowest BCUT2D eigenvalue weighted by Crippen LogP contribution is -2.20. The van der Waals surface area contributed by atoms with Crippen LogP contribution in [-0.2, 0) is 0 Å². The zero-order valence-corrected chi connectivity index (χ0v) is 9.05. The van der Waals surface area contributed by atoms with Gasteiger partial charge in [0.05, 0.1) is 0 Å². The first kappa shape index (κ1) is 10.7. The normalized spacial score (nSPS) is 15.9. The summed E-state index contributed by atoms with van der Waals surface area (Å²) in [5.41, 5.74) is 0. The van der Waals surface area contributed by atoms with Gasteiger partial charge in [0, 0.05) is 10.00 Å². The maximum atomic E-state index is 4.47. The summed E-state index contributed by atoms with van der Waals surface area (Å²) in [6.45, 7) is 8.64. The summed E-state index contributed by atoms with van der Waals surface area (Å²) in [4.78, 5) is 0. The fourth-order valence-electron chi connectivity index (χ4n) is 0.748. The molecule has 2 heteroatoms. The maximum Gasteiger partial charge on any atom is 0.00837 e. The van der Waals surface area contributed by atoms with E-state index in [1.807, 2.05) is 0 Å². The highest BCUT2D eigenvalue weighted by Gasteiger charge is 2.18. The molecule has 0 aromatic heterocycles. The molecule has 62 valence electrons. The number of hydrogen-bond acceptors (Lipinski definition) is 2. The second-order valence-electron chi connectivity index (χ2n) is 3.83. The fraction of sp³-hybridized carbons (Fsp3) is 1.00. The fourth-order valence-corrected chi connectivity index (χ4v) is 1.54. The molecule has 0 saturated carbocycles. The highest BCUT2D eigenvalue weighted by atomic mass is 32.1. The minimum atomic E-state index is 0.122. The Hall–Kier alpha value is 0.700. The van der Waals surface area contributed by atoms with E-state index in [4.69, 9.17) is 0 Å². The average molecular weight is 178 g/mol. The molecule has 0 amide bonds. The first-order valence-electron chi connectivity index (χ1n) is 3.73. The van der Waals surface area contributed by atoms with Crippen LogP contribution in [0, 0.1) is 5.92 Å². The van der Waals surface area contributed by atoms with Gasteiger partial charge >= 0.3 is 0 Å². The topological polar surface area (TPSA) is 0 Å². The summed E-state index contributed by atoms with van der Waals surface area (Å²) in [5.74, 6) is 0.648. The standard InChI is InChI=1S/C8H18S2/c1-6(2)7(9)5-8(3,4)10/h6-7,9-10H,5H2,1-4H3. The van der Waals surface area contributed by atoms with Gasteiger partial charge < -0.3 is 0 Å². The van der Waals surface area contributed by atoms with E-state index in [-0.39, 0.29) is 4.75 Å². The van der Waals surface area contributed by atoms with Crippen LogP contribution in [0.3, 0.4) is 0 Å². The Balaban J connectivity index is 3.68. The molecule has 0 aromatic rings. The predicted octanol–water partition coefficient (Wildman–Crippen LogP) is 3.04. The molecule has 0 aliphatic carbocycles. The highest BCUT2D eigenvalue weighted by molar-refractivity contribution is 7.82. The van der Waals surface area contributed by atoms with Crippen LogP contribution in [0.5, 0.6) is 0 Å². The third kappa shape index (κ3) is 5.48. The summed E-state index contributed by atoms with van der Waals surface area (Å²) < 4.78 is 0.122. The zero-order chi connectivity index (χ0) is 8.36. The Labute approximate surface area is 75.6 Å². The maximum absolute atomic E-state index is 4.47. The van der Waals surface area contributed by atoms with Crippen molar-refractivity contribution in [1.29, 1.82) is 0 Å². The summed E-state index contributed by atoms with van der Waals surface area (Å²) in [6.07, 6.45) is 1.07. The molecular formula is C8H18S2. The van der Waals surface area contributed by atoms with Crippen LogP contribution in [-0.4, -0.2) is 10.00 Å². The molecule has 0 aliphatic rings. The Morgan fingerprint density at radius 1 is 1.30 bits per heavy atom. The van der Waals surface area contributed by atoms with Crippen molar-refractivity contribution in [2.75, 3.05) is 0 Å². The van der Waals surface area contributed by atoms with E-state index in [2.05, 4.69) is 53.0 Å². The molecule has 1 atom stereocenters. The van der Waals surface area contributed by atoms with Gasteiger partial charge in [-0.3, -0.25) is 0 Å². The molecule has 10 heavy (non-hydrogen) atoms. The zero-order valence-electron chi connectivity index (χ0n) is 7.26. The van der Waals surface area contributed by atoms with Crippen molar-refractivity contribution in [2.45, 2.75) is 44.1 Å². The monoisotopic (exact) mass is 178 g/mol. The van der Waals surface area contributed by atoms with E-state index in [0.29, 0.717) is 11.2 Å². The van der Waals surface area contributed by atoms with Gasteiger partial charge in [-0.25, -0.2) is 0 Å². The molecule has 0 N–H and O–H groups in total. The summed E-state index contributed by atoms with van der Waals surface area (Å²) >= 11 is 8.91. The molecule has 0 bridgehead atoms. The van der Waals surface area contributed by atoms with Crippen LogP contribution in [0.25, 0.3) is 0 Å². The van der Waals surface area contributed by atoms with Crippen LogP contribution in [0.4, 0.5) is 0 Å². The van der Waals surface area contributed by atoms with Crippen molar-refractivity contribution in [3.63, 3.8) is 0 Å². The van der Waals surface area contributed by atoms with Gasteiger partial charge in [-0.1, -0.05) is 27.7 Å². The minimum Gasteiger partial charge on any atom is -0.176 e. The van der Waals surface area contributed by atoms with Crippen molar-refractivity contribution in [1.82, 2.24) is 0 Å². The Kier molecular flexibility index (Phi) is 4.19. The second-order valence-corrected chi connectivity index (χ2v) is 5.70. The molecule has 0 heterocycles. The summed E-state index contributed by atoms with van der Waals surface area (Å²) in [6, 6.07) is 0. The Morgan fingerprint density at radius 3 is 1.80 bits per heavy atom. The molecule has 1 unspecified atom stereocenters. The van der Waals surface area contributed by atoms with E-state index in [9.17, 15) is 0 Å². The predicted molar refractivity (Wildman–Crippen MR) is 55.3 cm³/mol. The smallest absolute Gasteiger partial charge is 0.00837 e. The van der Waals surface area contributed by atoms with Crippen molar-refractivity contribution < 1.29 is 0 Å². The van der Waals surface area contributed by atoms with Gasteiger partial charge in [-0.15, -0.1) is 0 Å². The van der Waals surface area contributed by atoms with E-state index < -0.39 is 0 Å². The van der Waals surface area contributed by atoms with Crippen molar-refractivity contribution in [2.24, 2.45) is 5.92 Å². The average Bonchev–Trinajstić information content (AvgIpc) is 1.60. The Morgan fingerprint density at radius 2 is 1.70 bits per heavy atom. The molecule has 0 fully saturated rings. The van der Waals surface area contributed by atoms with Gasteiger partial charge in [0.15, 0.2) is 0 Å². The second kappa shape index (κ2) is 3.91. The van der Waals surface area contributed by atoms with Gasteiger partial charge in [0.2, 0.25) is 0 Å². The lowest BCUT2D eigenvalue weighted by atomic mass is 9.99. The van der Waals surface area contributed by atoms with Crippen molar-refractivity contribution in [3.05, 3.63) is 0 Å². The van der Waals surface area contributed by atoms with Gasteiger partial charge in [0.1, 0.15) is 0 Å². The molecule has 0 nitrogen and oxygen atoms in total. The van der Waals surface area contributed by atoms with Gasteiger partial charge in [-0.2, -0.15) is 25.3 Å². The first-order chi connectivity index (χ1) is 4.33. The van der Waals surface area contributed by atoms with Crippen molar-refractivity contribution >= 4 is 25.3 Å².